The summed E-state index contributed by atoms with van der Waals surface area (Å²) in [7, 11) is 0. The van der Waals surface area contributed by atoms with E-state index in [1.54, 1.807) is 29.1 Å². The second kappa shape index (κ2) is 25.0. The minimum absolute atomic E-state index is 0.0565. The smallest absolute Gasteiger partial charge is 0.336 e. The highest BCUT2D eigenvalue weighted by atomic mass is 16.5. The van der Waals surface area contributed by atoms with Crippen molar-refractivity contribution in [3.8, 4) is 39.7 Å². The predicted molar refractivity (Wildman–Crippen MR) is 262 cm³/mol. The van der Waals surface area contributed by atoms with Crippen LogP contribution in [-0.2, 0) is 29.0 Å². The van der Waals surface area contributed by atoms with Crippen LogP contribution in [0.5, 0.6) is 17.2 Å². The number of nitrogens with one attached hydrogen (secondary N) is 2. The molecule has 1 aliphatic carbocycles. The molecule has 16 nitrogen and oxygen atoms in total. The largest absolute Gasteiger partial charge is 0.508 e. The number of unbranched alkanes of at least 4 members (excludes halogenated alkanes) is 7. The number of phenols is 1. The lowest BCUT2D eigenvalue weighted by molar-refractivity contribution is 0.0449. The van der Waals surface area contributed by atoms with E-state index in [9.17, 15) is 24.6 Å². The van der Waals surface area contributed by atoms with E-state index in [1.807, 2.05) is 36.4 Å². The molecule has 1 aliphatic heterocycles. The number of rotatable bonds is 28. The highest BCUT2D eigenvalue weighted by Gasteiger charge is 2.23. The Morgan fingerprint density at radius 1 is 0.710 bits per heavy atom. The van der Waals surface area contributed by atoms with Crippen LogP contribution in [0.4, 0.5) is 0 Å². The van der Waals surface area contributed by atoms with Crippen LogP contribution >= 0.6 is 0 Å². The molecule has 4 aromatic carbocycles. The molecule has 0 saturated carbocycles. The molecule has 0 fully saturated rings. The van der Waals surface area contributed by atoms with Crippen molar-refractivity contribution in [3.05, 3.63) is 147 Å². The number of carbonyl (C=O) groups is 2. The van der Waals surface area contributed by atoms with Crippen LogP contribution in [0.25, 0.3) is 33.4 Å². The number of ether oxygens (including phenoxy) is 4. The summed E-state index contributed by atoms with van der Waals surface area (Å²) in [6.45, 7) is 3.77. The maximum atomic E-state index is 13.2. The monoisotopic (exact) mass is 938 g/mol. The number of hydrogen-bond acceptors (Lipinski definition) is 12. The number of amidine groups is 1. The van der Waals surface area contributed by atoms with Crippen LogP contribution in [0.15, 0.2) is 119 Å². The van der Waals surface area contributed by atoms with E-state index < -0.39 is 11.9 Å². The molecule has 0 atom stereocenters. The SMILES string of the molecule is N=C(N)c1ccc(OCCCCCCCCCCOc2ccc(CCOCCOCCn3cc(CNC(=O)c4ccc(-c5c6ccc(=O)cc-6oc6cc(O)ccc56)c(C(=O)O)c4)nn3)cc2)cc1. The van der Waals surface area contributed by atoms with Gasteiger partial charge in [0.2, 0.25) is 0 Å². The standard InChI is InChI=1S/C53H58N6O10/c54-51(55)37-11-18-43(19-12-37)68-26-8-6-4-2-1-3-5-7-25-67-42-16-9-36(10-17-42)23-27-65-29-30-66-28-24-59-35-39(57-58-59)34-56-52(62)38-13-20-44(47(31-38)53(63)64)50-45-21-14-40(60)32-48(45)69-49-33-41(61)15-22-46(49)50/h9-22,31-33,35,60H,1-8,23-30,34H2,(H3,54,55)(H,56,62)(H,63,64). The second-order valence-electron chi connectivity index (χ2n) is 16.6. The molecule has 69 heavy (non-hydrogen) atoms. The molecular formula is C53H58N6O10. The molecule has 1 aromatic heterocycles. The first kappa shape index (κ1) is 49.3. The summed E-state index contributed by atoms with van der Waals surface area (Å²) in [4.78, 5) is 37.9. The van der Waals surface area contributed by atoms with Crippen molar-refractivity contribution in [3.63, 3.8) is 0 Å². The lowest BCUT2D eigenvalue weighted by Gasteiger charge is -2.17. The molecule has 7 rings (SSSR count). The van der Waals surface area contributed by atoms with Gasteiger partial charge in [-0.2, -0.15) is 0 Å². The number of aromatic nitrogens is 3. The predicted octanol–water partition coefficient (Wildman–Crippen LogP) is 8.63. The number of benzene rings is 5. The number of phenolic OH excluding ortho intramolecular Hbond substituents is 1. The average Bonchev–Trinajstić information content (AvgIpc) is 3.81. The second-order valence-corrected chi connectivity index (χ2v) is 16.6. The molecule has 2 aliphatic rings. The highest BCUT2D eigenvalue weighted by Crippen LogP contribution is 2.42. The maximum absolute atomic E-state index is 13.2. The zero-order chi connectivity index (χ0) is 48.4. The first-order valence-electron chi connectivity index (χ1n) is 23.3. The summed E-state index contributed by atoms with van der Waals surface area (Å²) in [5.74, 6) is 0.172. The summed E-state index contributed by atoms with van der Waals surface area (Å²) >= 11 is 0. The number of aromatic carboxylic acids is 1. The van der Waals surface area contributed by atoms with Crippen molar-refractivity contribution >= 4 is 28.7 Å². The van der Waals surface area contributed by atoms with Gasteiger partial charge < -0.3 is 44.6 Å². The van der Waals surface area contributed by atoms with Crippen molar-refractivity contribution in [2.75, 3.05) is 39.6 Å². The van der Waals surface area contributed by atoms with Gasteiger partial charge in [-0.3, -0.25) is 15.0 Å². The summed E-state index contributed by atoms with van der Waals surface area (Å²) in [5, 5.41) is 39.4. The van der Waals surface area contributed by atoms with Crippen LogP contribution < -0.4 is 26.0 Å². The van der Waals surface area contributed by atoms with Gasteiger partial charge in [-0.05, 0) is 103 Å². The number of aromatic hydroxyl groups is 1. The van der Waals surface area contributed by atoms with E-state index in [0.29, 0.717) is 79.5 Å². The van der Waals surface area contributed by atoms with Crippen molar-refractivity contribution in [1.82, 2.24) is 20.3 Å². The third-order valence-electron chi connectivity index (χ3n) is 11.5. The third kappa shape index (κ3) is 14.5. The quantitative estimate of drug-likeness (QED) is 0.0134. The molecule has 2 heterocycles. The van der Waals surface area contributed by atoms with Gasteiger partial charge in [-0.1, -0.05) is 61.9 Å². The van der Waals surface area contributed by atoms with Gasteiger partial charge in [-0.15, -0.1) is 5.10 Å². The maximum Gasteiger partial charge on any atom is 0.336 e. The summed E-state index contributed by atoms with van der Waals surface area (Å²) in [6.07, 6.45) is 11.8. The van der Waals surface area contributed by atoms with Gasteiger partial charge in [0.1, 0.15) is 40.1 Å². The number of carbonyl (C=O) groups excluding carboxylic acids is 1. The summed E-state index contributed by atoms with van der Waals surface area (Å²) in [6, 6.07) is 28.6. The van der Waals surface area contributed by atoms with Crippen LogP contribution in [0.2, 0.25) is 0 Å². The van der Waals surface area contributed by atoms with Gasteiger partial charge in [0, 0.05) is 39.8 Å². The van der Waals surface area contributed by atoms with E-state index in [4.69, 9.17) is 34.5 Å². The number of amides is 1. The normalized spacial score (nSPS) is 11.2. The van der Waals surface area contributed by atoms with Gasteiger partial charge in [0.25, 0.3) is 5.91 Å². The van der Waals surface area contributed by atoms with Gasteiger partial charge >= 0.3 is 5.97 Å². The van der Waals surface area contributed by atoms with Crippen molar-refractivity contribution < 1.29 is 43.2 Å². The molecule has 1 amide bonds. The fraction of sp³-hybridized carbons (Fsp3) is 0.321. The van der Waals surface area contributed by atoms with E-state index in [2.05, 4.69) is 27.8 Å². The number of carboxylic acid groups (broad SMARTS) is 1. The van der Waals surface area contributed by atoms with Crippen molar-refractivity contribution in [2.45, 2.75) is 70.9 Å². The van der Waals surface area contributed by atoms with E-state index in [1.165, 1.54) is 67.6 Å². The first-order chi connectivity index (χ1) is 33.6. The van der Waals surface area contributed by atoms with E-state index >= 15 is 0 Å². The minimum atomic E-state index is -1.25. The molecule has 0 bridgehead atoms. The molecule has 0 unspecified atom stereocenters. The van der Waals surface area contributed by atoms with E-state index in [-0.39, 0.29) is 46.0 Å². The molecule has 5 aromatic rings. The number of fused-ring (bicyclic) bond motifs is 2. The van der Waals surface area contributed by atoms with Crippen LogP contribution in [0, 0.1) is 5.41 Å². The van der Waals surface area contributed by atoms with Crippen LogP contribution in [-0.4, -0.2) is 82.6 Å². The van der Waals surface area contributed by atoms with Gasteiger partial charge in [0.15, 0.2) is 5.43 Å². The zero-order valence-corrected chi connectivity index (χ0v) is 38.5. The summed E-state index contributed by atoms with van der Waals surface area (Å²) in [5.41, 5.74) is 9.15. The lowest BCUT2D eigenvalue weighted by Crippen LogP contribution is -2.23. The van der Waals surface area contributed by atoms with Crippen LogP contribution in [0.3, 0.4) is 0 Å². The van der Waals surface area contributed by atoms with Crippen LogP contribution in [0.1, 0.15) is 88.9 Å². The first-order valence-corrected chi connectivity index (χ1v) is 23.3. The number of nitrogens with zero attached hydrogens (tertiary/aromatic N) is 3. The summed E-state index contributed by atoms with van der Waals surface area (Å²) < 4.78 is 30.8. The molecular weight excluding hydrogens is 881 g/mol. The molecule has 16 heteroatoms. The Labute approximate surface area is 399 Å². The molecule has 360 valence electrons. The highest BCUT2D eigenvalue weighted by molar-refractivity contribution is 6.09. The number of nitrogen functional groups attached to an aromatic ring is 1. The Kier molecular flexibility index (Phi) is 17.9. The van der Waals surface area contributed by atoms with Crippen molar-refractivity contribution in [2.24, 2.45) is 5.73 Å². The Bertz CT molecular complexity index is 2820. The topological polar surface area (TPSA) is 234 Å². The number of nitrogens with two attached hydrogens (primary N) is 1. The van der Waals surface area contributed by atoms with E-state index in [0.717, 1.165) is 43.6 Å². The lowest BCUT2D eigenvalue weighted by atomic mass is 9.90. The zero-order valence-electron chi connectivity index (χ0n) is 38.5. The number of hydrogen-bond donors (Lipinski definition) is 5. The van der Waals surface area contributed by atoms with Crippen molar-refractivity contribution in [1.29, 1.82) is 5.41 Å². The Hall–Kier alpha value is -7.56. The Morgan fingerprint density at radius 3 is 2.03 bits per heavy atom. The van der Waals surface area contributed by atoms with Gasteiger partial charge in [-0.25, -0.2) is 9.48 Å². The number of carboxylic acids is 1. The fourth-order valence-corrected chi connectivity index (χ4v) is 7.83. The minimum Gasteiger partial charge on any atom is -0.508 e. The Morgan fingerprint density at radius 2 is 1.35 bits per heavy atom. The molecule has 6 N–H and O–H groups in total. The molecule has 0 spiro atoms. The fourth-order valence-electron chi connectivity index (χ4n) is 7.83. The Balaban J connectivity index is 0.722. The third-order valence-corrected chi connectivity index (χ3v) is 11.5. The molecule has 0 saturated heterocycles. The van der Waals surface area contributed by atoms with Gasteiger partial charge in [0.05, 0.1) is 64.5 Å². The average molecular weight is 939 g/mol. The molecule has 0 radical (unpaired) electrons.